The van der Waals surface area contributed by atoms with Crippen LogP contribution in [0.5, 0.6) is 0 Å². The van der Waals surface area contributed by atoms with E-state index >= 15 is 0 Å². The molecule has 5 heteroatoms. The molecule has 0 atom stereocenters. The summed E-state index contributed by atoms with van der Waals surface area (Å²) in [6.45, 7) is 3.29. The first-order valence-electron chi connectivity index (χ1n) is 6.95. The zero-order valence-corrected chi connectivity index (χ0v) is 11.2. The SMILES string of the molecule is CCCN(CCC(F)(F)F)C1(CN)CCCCC1. The van der Waals surface area contributed by atoms with Gasteiger partial charge in [0.05, 0.1) is 6.42 Å². The van der Waals surface area contributed by atoms with Crippen molar-refractivity contribution in [3.8, 4) is 0 Å². The normalized spacial score (nSPS) is 20.3. The lowest BCUT2D eigenvalue weighted by atomic mass is 9.80. The standard InChI is InChI=1S/C13H25F3N2/c1-2-9-18(10-8-13(14,15)16)12(11-17)6-4-3-5-7-12/h2-11,17H2,1H3. The highest BCUT2D eigenvalue weighted by atomic mass is 19.4. The van der Waals surface area contributed by atoms with Crippen LogP contribution in [0.3, 0.4) is 0 Å². The molecule has 1 aliphatic rings. The number of alkyl halides is 3. The van der Waals surface area contributed by atoms with E-state index in [1.165, 1.54) is 6.42 Å². The number of rotatable bonds is 6. The molecule has 0 aliphatic heterocycles. The lowest BCUT2D eigenvalue weighted by molar-refractivity contribution is -0.142. The molecular weight excluding hydrogens is 241 g/mol. The second kappa shape index (κ2) is 6.75. The molecule has 0 unspecified atom stereocenters. The fourth-order valence-corrected chi connectivity index (χ4v) is 2.98. The predicted octanol–water partition coefficient (Wildman–Crippen LogP) is 3.31. The van der Waals surface area contributed by atoms with Crippen LogP contribution in [0.4, 0.5) is 13.2 Å². The molecule has 2 nitrogen and oxygen atoms in total. The Kier molecular flexibility index (Phi) is 5.92. The fraction of sp³-hybridized carbons (Fsp3) is 1.00. The highest BCUT2D eigenvalue weighted by Crippen LogP contribution is 2.34. The van der Waals surface area contributed by atoms with Crippen LogP contribution in [0, 0.1) is 0 Å². The quantitative estimate of drug-likeness (QED) is 0.799. The summed E-state index contributed by atoms with van der Waals surface area (Å²) in [5.74, 6) is 0. The molecule has 0 saturated heterocycles. The molecule has 1 saturated carbocycles. The van der Waals surface area contributed by atoms with Gasteiger partial charge in [-0.2, -0.15) is 13.2 Å². The maximum absolute atomic E-state index is 12.4. The topological polar surface area (TPSA) is 29.3 Å². The third-order valence-electron chi connectivity index (χ3n) is 3.99. The zero-order valence-electron chi connectivity index (χ0n) is 11.2. The first kappa shape index (κ1) is 15.8. The van der Waals surface area contributed by atoms with Gasteiger partial charge in [0.2, 0.25) is 0 Å². The zero-order chi connectivity index (χ0) is 13.6. The van der Waals surface area contributed by atoms with Crippen molar-refractivity contribution in [1.82, 2.24) is 4.90 Å². The van der Waals surface area contributed by atoms with E-state index in [4.69, 9.17) is 5.73 Å². The predicted molar refractivity (Wildman–Crippen MR) is 67.4 cm³/mol. The van der Waals surface area contributed by atoms with Crippen LogP contribution in [0.1, 0.15) is 51.9 Å². The molecule has 108 valence electrons. The van der Waals surface area contributed by atoms with Crippen molar-refractivity contribution in [2.24, 2.45) is 5.73 Å². The fourth-order valence-electron chi connectivity index (χ4n) is 2.98. The Hall–Kier alpha value is -0.290. The van der Waals surface area contributed by atoms with Crippen molar-refractivity contribution < 1.29 is 13.2 Å². The summed E-state index contributed by atoms with van der Waals surface area (Å²) in [4.78, 5) is 2.00. The van der Waals surface area contributed by atoms with E-state index in [0.29, 0.717) is 13.1 Å². The van der Waals surface area contributed by atoms with E-state index in [2.05, 4.69) is 0 Å². The average Bonchev–Trinajstić information content (AvgIpc) is 2.34. The molecule has 0 aromatic carbocycles. The Morgan fingerprint density at radius 2 is 1.72 bits per heavy atom. The Balaban J connectivity index is 2.67. The van der Waals surface area contributed by atoms with E-state index in [1.54, 1.807) is 0 Å². The van der Waals surface area contributed by atoms with Crippen LogP contribution < -0.4 is 5.73 Å². The maximum Gasteiger partial charge on any atom is 0.390 e. The van der Waals surface area contributed by atoms with Crippen LogP contribution >= 0.6 is 0 Å². The molecule has 0 heterocycles. The number of nitrogens with two attached hydrogens (primary N) is 1. The first-order valence-corrected chi connectivity index (χ1v) is 6.95. The van der Waals surface area contributed by atoms with Crippen molar-refractivity contribution in [1.29, 1.82) is 0 Å². The summed E-state index contributed by atoms with van der Waals surface area (Å²) in [5, 5.41) is 0. The Labute approximate surface area is 108 Å². The minimum atomic E-state index is -4.07. The average molecular weight is 266 g/mol. The molecule has 0 bridgehead atoms. The smallest absolute Gasteiger partial charge is 0.329 e. The van der Waals surface area contributed by atoms with Gasteiger partial charge < -0.3 is 5.73 Å². The number of halogens is 3. The molecule has 0 spiro atoms. The van der Waals surface area contributed by atoms with Crippen LogP contribution in [0.2, 0.25) is 0 Å². The van der Waals surface area contributed by atoms with E-state index < -0.39 is 12.6 Å². The number of hydrogen-bond acceptors (Lipinski definition) is 2. The Morgan fingerprint density at radius 3 is 2.17 bits per heavy atom. The summed E-state index contributed by atoms with van der Waals surface area (Å²) in [6, 6.07) is 0. The third kappa shape index (κ3) is 4.43. The van der Waals surface area contributed by atoms with Gasteiger partial charge in [0.25, 0.3) is 0 Å². The van der Waals surface area contributed by atoms with Gasteiger partial charge >= 0.3 is 6.18 Å². The van der Waals surface area contributed by atoms with E-state index in [-0.39, 0.29) is 12.1 Å². The minimum absolute atomic E-state index is 0.0918. The van der Waals surface area contributed by atoms with Crippen molar-refractivity contribution in [3.05, 3.63) is 0 Å². The first-order chi connectivity index (χ1) is 8.43. The lowest BCUT2D eigenvalue weighted by Gasteiger charge is -2.46. The van der Waals surface area contributed by atoms with Gasteiger partial charge in [-0.3, -0.25) is 4.90 Å². The lowest BCUT2D eigenvalue weighted by Crippen LogP contribution is -2.56. The van der Waals surface area contributed by atoms with Crippen LogP contribution in [0.25, 0.3) is 0 Å². The van der Waals surface area contributed by atoms with Crippen LogP contribution in [0.15, 0.2) is 0 Å². The number of nitrogens with zero attached hydrogens (tertiary/aromatic N) is 1. The van der Waals surface area contributed by atoms with Crippen molar-refractivity contribution >= 4 is 0 Å². The van der Waals surface area contributed by atoms with E-state index in [1.807, 2.05) is 11.8 Å². The summed E-state index contributed by atoms with van der Waals surface area (Å²) in [5.41, 5.74) is 5.70. The van der Waals surface area contributed by atoms with Crippen molar-refractivity contribution in [2.75, 3.05) is 19.6 Å². The summed E-state index contributed by atoms with van der Waals surface area (Å²) < 4.78 is 37.2. The summed E-state index contributed by atoms with van der Waals surface area (Å²) in [6.07, 6.45) is 1.32. The van der Waals surface area contributed by atoms with E-state index in [9.17, 15) is 13.2 Å². The van der Waals surface area contributed by atoms with Gasteiger partial charge in [0, 0.05) is 18.6 Å². The highest BCUT2D eigenvalue weighted by molar-refractivity contribution is 4.94. The molecule has 1 aliphatic carbocycles. The van der Waals surface area contributed by atoms with E-state index in [0.717, 1.165) is 32.1 Å². The largest absolute Gasteiger partial charge is 0.390 e. The second-order valence-electron chi connectivity index (χ2n) is 5.34. The van der Waals surface area contributed by atoms with Gasteiger partial charge in [0.1, 0.15) is 0 Å². The molecule has 1 fully saturated rings. The summed E-state index contributed by atoms with van der Waals surface area (Å²) in [7, 11) is 0. The monoisotopic (exact) mass is 266 g/mol. The van der Waals surface area contributed by atoms with Crippen LogP contribution in [-0.2, 0) is 0 Å². The molecule has 1 rings (SSSR count). The van der Waals surface area contributed by atoms with Gasteiger partial charge in [0.15, 0.2) is 0 Å². The molecular formula is C13H25F3N2. The van der Waals surface area contributed by atoms with Gasteiger partial charge in [-0.05, 0) is 25.8 Å². The second-order valence-corrected chi connectivity index (χ2v) is 5.34. The molecule has 0 aromatic heterocycles. The Bertz CT molecular complexity index is 235. The Morgan fingerprint density at radius 1 is 1.11 bits per heavy atom. The number of hydrogen-bond donors (Lipinski definition) is 1. The molecule has 18 heavy (non-hydrogen) atoms. The maximum atomic E-state index is 12.4. The minimum Gasteiger partial charge on any atom is -0.329 e. The molecule has 0 aromatic rings. The molecule has 0 amide bonds. The molecule has 2 N–H and O–H groups in total. The van der Waals surface area contributed by atoms with Gasteiger partial charge in [-0.15, -0.1) is 0 Å². The van der Waals surface area contributed by atoms with Crippen molar-refractivity contribution in [2.45, 2.75) is 63.6 Å². The molecule has 0 radical (unpaired) electrons. The van der Waals surface area contributed by atoms with Gasteiger partial charge in [-0.1, -0.05) is 26.2 Å². The summed E-state index contributed by atoms with van der Waals surface area (Å²) >= 11 is 0. The van der Waals surface area contributed by atoms with Crippen molar-refractivity contribution in [3.63, 3.8) is 0 Å². The third-order valence-corrected chi connectivity index (χ3v) is 3.99. The van der Waals surface area contributed by atoms with Gasteiger partial charge in [-0.25, -0.2) is 0 Å². The van der Waals surface area contributed by atoms with Crippen LogP contribution in [-0.4, -0.2) is 36.2 Å². The highest BCUT2D eigenvalue weighted by Gasteiger charge is 2.38.